The smallest absolute Gasteiger partial charge is 0.137 e. The Morgan fingerprint density at radius 2 is 1.79 bits per heavy atom. The van der Waals surface area contributed by atoms with E-state index >= 15 is 0 Å². The molecule has 19 heavy (non-hydrogen) atoms. The summed E-state index contributed by atoms with van der Waals surface area (Å²) in [5, 5.41) is 4.56. The minimum Gasteiger partial charge on any atom is -0.459 e. The molecule has 1 heterocycles. The molecule has 2 heteroatoms. The van der Waals surface area contributed by atoms with Gasteiger partial charge in [0.15, 0.2) is 0 Å². The standard InChI is InChI=1S/C17H25NO/c1-10(2)13-8-7-12(5)17-16(13)15(11(3)4)14(19-17)9-18-6/h7-8,10-11,18H,9H2,1-6H3. The van der Waals surface area contributed by atoms with Gasteiger partial charge in [0.05, 0.1) is 6.54 Å². The van der Waals surface area contributed by atoms with E-state index in [2.05, 4.69) is 52.1 Å². The molecule has 0 atom stereocenters. The van der Waals surface area contributed by atoms with Crippen molar-refractivity contribution < 1.29 is 4.42 Å². The lowest BCUT2D eigenvalue weighted by molar-refractivity contribution is 0.519. The van der Waals surface area contributed by atoms with Gasteiger partial charge in [0, 0.05) is 10.9 Å². The molecule has 0 aliphatic rings. The van der Waals surface area contributed by atoms with Gasteiger partial charge < -0.3 is 9.73 Å². The van der Waals surface area contributed by atoms with E-state index in [1.54, 1.807) is 0 Å². The highest BCUT2D eigenvalue weighted by molar-refractivity contribution is 5.89. The molecule has 0 saturated heterocycles. The number of fused-ring (bicyclic) bond motifs is 1. The molecule has 2 nitrogen and oxygen atoms in total. The van der Waals surface area contributed by atoms with Crippen LogP contribution in [0.5, 0.6) is 0 Å². The topological polar surface area (TPSA) is 25.2 Å². The van der Waals surface area contributed by atoms with Crippen LogP contribution in [0.15, 0.2) is 16.5 Å². The van der Waals surface area contributed by atoms with Crippen LogP contribution < -0.4 is 5.32 Å². The van der Waals surface area contributed by atoms with Crippen molar-refractivity contribution in [2.75, 3.05) is 7.05 Å². The minimum absolute atomic E-state index is 0.476. The van der Waals surface area contributed by atoms with Crippen LogP contribution in [-0.4, -0.2) is 7.05 Å². The number of furan rings is 1. The molecule has 1 aromatic carbocycles. The highest BCUT2D eigenvalue weighted by atomic mass is 16.3. The van der Waals surface area contributed by atoms with Crippen molar-refractivity contribution >= 4 is 11.0 Å². The molecular weight excluding hydrogens is 234 g/mol. The number of rotatable bonds is 4. The van der Waals surface area contributed by atoms with Gasteiger partial charge >= 0.3 is 0 Å². The van der Waals surface area contributed by atoms with Gasteiger partial charge in [-0.05, 0) is 36.9 Å². The Bertz CT molecular complexity index is 578. The largest absolute Gasteiger partial charge is 0.459 e. The molecule has 0 aliphatic heterocycles. The van der Waals surface area contributed by atoms with Gasteiger partial charge in [-0.1, -0.05) is 39.8 Å². The highest BCUT2D eigenvalue weighted by Gasteiger charge is 2.21. The highest BCUT2D eigenvalue weighted by Crippen LogP contribution is 2.38. The Kier molecular flexibility index (Phi) is 4.00. The number of nitrogens with one attached hydrogen (secondary N) is 1. The molecule has 0 aliphatic carbocycles. The molecule has 1 aromatic heterocycles. The zero-order chi connectivity index (χ0) is 14.2. The normalized spacial score (nSPS) is 12.0. The zero-order valence-corrected chi connectivity index (χ0v) is 12.9. The van der Waals surface area contributed by atoms with E-state index < -0.39 is 0 Å². The number of aryl methyl sites for hydroxylation is 1. The van der Waals surface area contributed by atoms with Crippen LogP contribution in [-0.2, 0) is 6.54 Å². The summed E-state index contributed by atoms with van der Waals surface area (Å²) in [4.78, 5) is 0. The van der Waals surface area contributed by atoms with Crippen molar-refractivity contribution in [2.45, 2.75) is 53.0 Å². The summed E-state index contributed by atoms with van der Waals surface area (Å²) in [6, 6.07) is 4.43. The second kappa shape index (κ2) is 5.38. The Labute approximate surface area is 116 Å². The van der Waals surface area contributed by atoms with Gasteiger partial charge in [0.2, 0.25) is 0 Å². The van der Waals surface area contributed by atoms with Crippen LogP contribution in [0.1, 0.15) is 62.0 Å². The maximum absolute atomic E-state index is 6.16. The number of benzene rings is 1. The summed E-state index contributed by atoms with van der Waals surface area (Å²) < 4.78 is 6.16. The fraction of sp³-hybridized carbons (Fsp3) is 0.529. The molecule has 0 spiro atoms. The lowest BCUT2D eigenvalue weighted by atomic mass is 9.90. The van der Waals surface area contributed by atoms with Gasteiger partial charge in [-0.25, -0.2) is 0 Å². The zero-order valence-electron chi connectivity index (χ0n) is 12.9. The summed E-state index contributed by atoms with van der Waals surface area (Å²) >= 11 is 0. The van der Waals surface area contributed by atoms with Crippen molar-refractivity contribution in [2.24, 2.45) is 0 Å². The Balaban J connectivity index is 2.83. The molecule has 0 unspecified atom stereocenters. The molecule has 2 rings (SSSR count). The average Bonchev–Trinajstić information content (AvgIpc) is 2.69. The van der Waals surface area contributed by atoms with Gasteiger partial charge in [-0.15, -0.1) is 0 Å². The van der Waals surface area contributed by atoms with E-state index in [1.807, 2.05) is 7.05 Å². The summed E-state index contributed by atoms with van der Waals surface area (Å²) in [6.07, 6.45) is 0. The first-order chi connectivity index (χ1) is 8.97. The Morgan fingerprint density at radius 1 is 1.11 bits per heavy atom. The Morgan fingerprint density at radius 3 is 2.32 bits per heavy atom. The molecule has 0 bridgehead atoms. The van der Waals surface area contributed by atoms with Crippen molar-refractivity contribution in [3.63, 3.8) is 0 Å². The maximum Gasteiger partial charge on any atom is 0.137 e. The number of hydrogen-bond donors (Lipinski definition) is 1. The molecule has 2 aromatic rings. The van der Waals surface area contributed by atoms with Crippen LogP contribution in [0.25, 0.3) is 11.0 Å². The fourth-order valence-corrected chi connectivity index (χ4v) is 2.81. The van der Waals surface area contributed by atoms with E-state index in [1.165, 1.54) is 22.1 Å². The third-order valence-electron chi connectivity index (χ3n) is 3.72. The van der Waals surface area contributed by atoms with Gasteiger partial charge in [0.25, 0.3) is 0 Å². The predicted molar refractivity (Wildman–Crippen MR) is 81.9 cm³/mol. The third-order valence-corrected chi connectivity index (χ3v) is 3.72. The van der Waals surface area contributed by atoms with Crippen LogP contribution in [0.4, 0.5) is 0 Å². The quantitative estimate of drug-likeness (QED) is 0.860. The van der Waals surface area contributed by atoms with Gasteiger partial charge in [-0.3, -0.25) is 0 Å². The van der Waals surface area contributed by atoms with E-state index in [4.69, 9.17) is 4.42 Å². The number of hydrogen-bond acceptors (Lipinski definition) is 2. The first kappa shape index (κ1) is 14.1. The lowest BCUT2D eigenvalue weighted by Gasteiger charge is -2.12. The molecular formula is C17H25NO. The van der Waals surface area contributed by atoms with Crippen LogP contribution in [0.2, 0.25) is 0 Å². The molecule has 0 amide bonds. The van der Waals surface area contributed by atoms with E-state index in [0.29, 0.717) is 11.8 Å². The van der Waals surface area contributed by atoms with Crippen LogP contribution >= 0.6 is 0 Å². The van der Waals surface area contributed by atoms with Gasteiger partial charge in [-0.2, -0.15) is 0 Å². The minimum atomic E-state index is 0.476. The van der Waals surface area contributed by atoms with Crippen molar-refractivity contribution in [1.29, 1.82) is 0 Å². The van der Waals surface area contributed by atoms with E-state index in [-0.39, 0.29) is 0 Å². The molecule has 0 fully saturated rings. The van der Waals surface area contributed by atoms with Crippen LogP contribution in [0.3, 0.4) is 0 Å². The van der Waals surface area contributed by atoms with Crippen LogP contribution in [0, 0.1) is 6.92 Å². The SMILES string of the molecule is CNCc1oc2c(C)ccc(C(C)C)c2c1C(C)C. The summed E-state index contributed by atoms with van der Waals surface area (Å²) in [6.45, 7) is 11.9. The lowest BCUT2D eigenvalue weighted by Crippen LogP contribution is -2.07. The summed E-state index contributed by atoms with van der Waals surface area (Å²) in [5.74, 6) is 2.08. The van der Waals surface area contributed by atoms with Crippen molar-refractivity contribution in [1.82, 2.24) is 5.32 Å². The summed E-state index contributed by atoms with van der Waals surface area (Å²) in [7, 11) is 1.97. The Hall–Kier alpha value is -1.28. The van der Waals surface area contributed by atoms with E-state index in [0.717, 1.165) is 17.9 Å². The third kappa shape index (κ3) is 2.42. The predicted octanol–water partition coefficient (Wildman–Crippen LogP) is 4.71. The molecule has 0 saturated carbocycles. The summed E-state index contributed by atoms with van der Waals surface area (Å²) in [5.41, 5.74) is 5.07. The average molecular weight is 259 g/mol. The van der Waals surface area contributed by atoms with E-state index in [9.17, 15) is 0 Å². The first-order valence-corrected chi connectivity index (χ1v) is 7.16. The van der Waals surface area contributed by atoms with Crippen molar-refractivity contribution in [3.05, 3.63) is 34.6 Å². The van der Waals surface area contributed by atoms with Crippen molar-refractivity contribution in [3.8, 4) is 0 Å². The maximum atomic E-state index is 6.16. The monoisotopic (exact) mass is 259 g/mol. The van der Waals surface area contributed by atoms with Gasteiger partial charge in [0.1, 0.15) is 11.3 Å². The molecule has 0 radical (unpaired) electrons. The fourth-order valence-electron chi connectivity index (χ4n) is 2.81. The second-order valence-electron chi connectivity index (χ2n) is 5.95. The first-order valence-electron chi connectivity index (χ1n) is 7.16. The second-order valence-corrected chi connectivity index (χ2v) is 5.95. The molecule has 1 N–H and O–H groups in total. The molecule has 104 valence electrons.